The highest BCUT2D eigenvalue weighted by Crippen LogP contribution is 2.11. The van der Waals surface area contributed by atoms with Gasteiger partial charge in [-0.25, -0.2) is 18.4 Å². The monoisotopic (exact) mass is 523 g/mol. The van der Waals surface area contributed by atoms with Crippen molar-refractivity contribution in [2.24, 2.45) is 4.99 Å². The summed E-state index contributed by atoms with van der Waals surface area (Å²) in [5, 5.41) is 6.46. The largest absolute Gasteiger partial charge is 0.357 e. The Morgan fingerprint density at radius 1 is 1.25 bits per heavy atom. The molecule has 9 nitrogen and oxygen atoms in total. The van der Waals surface area contributed by atoms with E-state index in [-0.39, 0.29) is 41.5 Å². The molecule has 0 aromatic carbocycles. The summed E-state index contributed by atoms with van der Waals surface area (Å²) in [6, 6.07) is 1.79. The molecule has 0 bridgehead atoms. The Labute approximate surface area is 184 Å². The van der Waals surface area contributed by atoms with Crippen molar-refractivity contribution in [3.05, 3.63) is 18.5 Å². The molecule has 1 aromatic heterocycles. The molecular weight excluding hydrogens is 493 g/mol. The van der Waals surface area contributed by atoms with Crippen LogP contribution in [-0.4, -0.2) is 92.6 Å². The van der Waals surface area contributed by atoms with Crippen molar-refractivity contribution in [3.63, 3.8) is 0 Å². The van der Waals surface area contributed by atoms with Gasteiger partial charge in [0, 0.05) is 57.7 Å². The van der Waals surface area contributed by atoms with Gasteiger partial charge in [0.1, 0.15) is 0 Å². The minimum atomic E-state index is -2.89. The second kappa shape index (κ2) is 11.1. The molecule has 1 unspecified atom stereocenters. The fourth-order valence-electron chi connectivity index (χ4n) is 3.35. The average molecular weight is 523 g/mol. The summed E-state index contributed by atoms with van der Waals surface area (Å²) in [5.41, 5.74) is 0. The molecule has 3 heterocycles. The minimum absolute atomic E-state index is 0. The fraction of sp³-hybridized carbons (Fsp3) is 0.706. The first-order chi connectivity index (χ1) is 13.1. The van der Waals surface area contributed by atoms with Crippen molar-refractivity contribution < 1.29 is 8.42 Å². The molecule has 158 valence electrons. The normalized spacial score (nSPS) is 22.5. The Kier molecular flexibility index (Phi) is 9.15. The summed E-state index contributed by atoms with van der Waals surface area (Å²) in [7, 11) is -2.89. The van der Waals surface area contributed by atoms with Crippen LogP contribution in [0.5, 0.6) is 0 Å². The fourth-order valence-corrected chi connectivity index (χ4v) is 5.02. The van der Waals surface area contributed by atoms with E-state index in [1.807, 2.05) is 13.0 Å². The first kappa shape index (κ1) is 23.1. The lowest BCUT2D eigenvalue weighted by Crippen LogP contribution is -2.48. The van der Waals surface area contributed by atoms with E-state index in [0.717, 1.165) is 45.2 Å². The van der Waals surface area contributed by atoms with E-state index in [2.05, 4.69) is 35.4 Å². The third-order valence-electron chi connectivity index (χ3n) is 4.81. The van der Waals surface area contributed by atoms with Crippen LogP contribution in [0.25, 0.3) is 0 Å². The molecule has 2 saturated heterocycles. The smallest absolute Gasteiger partial charge is 0.225 e. The summed E-state index contributed by atoms with van der Waals surface area (Å²) in [5.74, 6) is 1.96. The maximum absolute atomic E-state index is 11.6. The summed E-state index contributed by atoms with van der Waals surface area (Å²) in [6.45, 7) is 8.05. The van der Waals surface area contributed by atoms with E-state index in [4.69, 9.17) is 0 Å². The molecule has 0 aliphatic carbocycles. The van der Waals surface area contributed by atoms with Crippen LogP contribution in [0.3, 0.4) is 0 Å². The topological polar surface area (TPSA) is 103 Å². The highest BCUT2D eigenvalue weighted by atomic mass is 127. The number of guanidine groups is 1. The zero-order valence-electron chi connectivity index (χ0n) is 16.2. The maximum atomic E-state index is 11.6. The van der Waals surface area contributed by atoms with Gasteiger partial charge >= 0.3 is 0 Å². The van der Waals surface area contributed by atoms with Crippen molar-refractivity contribution in [3.8, 4) is 0 Å². The SMILES string of the molecule is CCNC(=NCCN1CCN(c2ncccn2)CC1)NC1CCS(=O)(=O)C1.I. The van der Waals surface area contributed by atoms with Gasteiger partial charge in [-0.2, -0.15) is 0 Å². The third kappa shape index (κ3) is 6.99. The van der Waals surface area contributed by atoms with Crippen molar-refractivity contribution >= 4 is 45.7 Å². The molecule has 2 fully saturated rings. The van der Waals surface area contributed by atoms with Crippen molar-refractivity contribution in [2.45, 2.75) is 19.4 Å². The van der Waals surface area contributed by atoms with Gasteiger partial charge in [0.15, 0.2) is 15.8 Å². The number of nitrogens with zero attached hydrogens (tertiary/aromatic N) is 5. The van der Waals surface area contributed by atoms with Crippen molar-refractivity contribution in [1.29, 1.82) is 0 Å². The van der Waals surface area contributed by atoms with Crippen LogP contribution in [0.1, 0.15) is 13.3 Å². The van der Waals surface area contributed by atoms with E-state index in [1.165, 1.54) is 0 Å². The summed E-state index contributed by atoms with van der Waals surface area (Å²) >= 11 is 0. The molecular formula is C17H30IN7O2S. The molecule has 2 N–H and O–H groups in total. The summed E-state index contributed by atoms with van der Waals surface area (Å²) in [4.78, 5) is 17.8. The number of sulfone groups is 1. The number of hydrogen-bond donors (Lipinski definition) is 2. The molecule has 0 radical (unpaired) electrons. The van der Waals surface area contributed by atoms with E-state index < -0.39 is 9.84 Å². The van der Waals surface area contributed by atoms with Crippen molar-refractivity contribution in [2.75, 3.05) is 62.2 Å². The van der Waals surface area contributed by atoms with Crippen LogP contribution in [-0.2, 0) is 9.84 Å². The van der Waals surface area contributed by atoms with Gasteiger partial charge in [0.2, 0.25) is 5.95 Å². The molecule has 2 aliphatic rings. The van der Waals surface area contributed by atoms with Crippen LogP contribution in [0.2, 0.25) is 0 Å². The van der Waals surface area contributed by atoms with E-state index >= 15 is 0 Å². The number of rotatable bonds is 6. The van der Waals surface area contributed by atoms with E-state index in [1.54, 1.807) is 12.4 Å². The predicted octanol–water partition coefficient (Wildman–Crippen LogP) is -0.0412. The van der Waals surface area contributed by atoms with E-state index in [0.29, 0.717) is 18.9 Å². The zero-order valence-corrected chi connectivity index (χ0v) is 19.4. The number of halogens is 1. The van der Waals surface area contributed by atoms with Crippen molar-refractivity contribution in [1.82, 2.24) is 25.5 Å². The van der Waals surface area contributed by atoms with Gasteiger partial charge in [0.25, 0.3) is 0 Å². The number of aliphatic imine (C=N–C) groups is 1. The van der Waals surface area contributed by atoms with Crippen LogP contribution in [0.15, 0.2) is 23.5 Å². The first-order valence-electron chi connectivity index (χ1n) is 9.55. The maximum Gasteiger partial charge on any atom is 0.225 e. The Morgan fingerprint density at radius 3 is 2.57 bits per heavy atom. The molecule has 1 aromatic rings. The molecule has 2 aliphatic heterocycles. The number of hydrogen-bond acceptors (Lipinski definition) is 7. The number of anilines is 1. The number of piperazine rings is 1. The molecule has 1 atom stereocenters. The van der Waals surface area contributed by atoms with Gasteiger partial charge in [0.05, 0.1) is 18.1 Å². The Hall–Kier alpha value is -1.21. The molecule has 0 amide bonds. The van der Waals surface area contributed by atoms with Gasteiger partial charge in [-0.15, -0.1) is 24.0 Å². The molecule has 3 rings (SSSR count). The second-order valence-corrected chi connectivity index (χ2v) is 9.11. The highest BCUT2D eigenvalue weighted by molar-refractivity contribution is 14.0. The minimum Gasteiger partial charge on any atom is -0.357 e. The van der Waals surface area contributed by atoms with Crippen LogP contribution < -0.4 is 15.5 Å². The lowest BCUT2D eigenvalue weighted by atomic mass is 10.3. The third-order valence-corrected chi connectivity index (χ3v) is 6.58. The number of aromatic nitrogens is 2. The first-order valence-corrected chi connectivity index (χ1v) is 11.4. The Bertz CT molecular complexity index is 724. The predicted molar refractivity (Wildman–Crippen MR) is 122 cm³/mol. The molecule has 11 heteroatoms. The van der Waals surface area contributed by atoms with Gasteiger partial charge in [-0.05, 0) is 19.4 Å². The Morgan fingerprint density at radius 2 is 1.96 bits per heavy atom. The molecule has 0 spiro atoms. The summed E-state index contributed by atoms with van der Waals surface area (Å²) < 4.78 is 23.2. The lowest BCUT2D eigenvalue weighted by Gasteiger charge is -2.34. The lowest BCUT2D eigenvalue weighted by molar-refractivity contribution is 0.263. The zero-order chi connectivity index (χ0) is 19.1. The quantitative estimate of drug-likeness (QED) is 0.304. The van der Waals surface area contributed by atoms with Gasteiger partial charge in [-0.3, -0.25) is 9.89 Å². The van der Waals surface area contributed by atoms with Crippen LogP contribution in [0.4, 0.5) is 5.95 Å². The standard InChI is InChI=1S/C17H29N7O2S.HI/c1-2-18-16(22-15-4-13-27(25,26)14-15)19-7-8-23-9-11-24(12-10-23)17-20-5-3-6-21-17;/h3,5-6,15H,2,4,7-14H2,1H3,(H2,18,19,22);1H. The van der Waals surface area contributed by atoms with Gasteiger partial charge < -0.3 is 15.5 Å². The van der Waals surface area contributed by atoms with Gasteiger partial charge in [-0.1, -0.05) is 0 Å². The summed E-state index contributed by atoms with van der Waals surface area (Å²) in [6.07, 6.45) is 4.19. The second-order valence-electron chi connectivity index (χ2n) is 6.88. The van der Waals surface area contributed by atoms with Crippen LogP contribution >= 0.6 is 24.0 Å². The highest BCUT2D eigenvalue weighted by Gasteiger charge is 2.28. The number of nitrogens with one attached hydrogen (secondary N) is 2. The van der Waals surface area contributed by atoms with Crippen LogP contribution in [0, 0.1) is 0 Å². The average Bonchev–Trinajstić information content (AvgIpc) is 3.01. The van der Waals surface area contributed by atoms with E-state index in [9.17, 15) is 8.42 Å². The molecule has 0 saturated carbocycles. The Balaban J connectivity index is 0.00000280. The molecule has 28 heavy (non-hydrogen) atoms.